The molecule has 2 saturated carbocycles. The van der Waals surface area contributed by atoms with Crippen molar-refractivity contribution >= 4 is 55.8 Å². The second kappa shape index (κ2) is 10.8. The van der Waals surface area contributed by atoms with Crippen molar-refractivity contribution in [2.45, 2.75) is 56.4 Å². The number of aromatic amines is 1. The summed E-state index contributed by atoms with van der Waals surface area (Å²) in [6.45, 7) is 0. The van der Waals surface area contributed by atoms with Crippen molar-refractivity contribution < 1.29 is 14.7 Å². The summed E-state index contributed by atoms with van der Waals surface area (Å²) < 4.78 is 2.97. The number of hydrogen-bond acceptors (Lipinski definition) is 5. The molecule has 2 aromatic carbocycles. The van der Waals surface area contributed by atoms with Crippen LogP contribution in [0.2, 0.25) is 0 Å². The summed E-state index contributed by atoms with van der Waals surface area (Å²) in [6.07, 6.45) is 13.5. The maximum Gasteiger partial charge on any atom is 0.328 e. The van der Waals surface area contributed by atoms with E-state index in [9.17, 15) is 9.59 Å². The highest BCUT2D eigenvalue weighted by molar-refractivity contribution is 9.10. The van der Waals surface area contributed by atoms with Crippen LogP contribution in [0.4, 0.5) is 0 Å². The number of nitrogens with one attached hydrogen (secondary N) is 2. The molecule has 0 saturated heterocycles. The van der Waals surface area contributed by atoms with Crippen molar-refractivity contribution in [1.82, 2.24) is 29.8 Å². The van der Waals surface area contributed by atoms with Gasteiger partial charge in [-0.15, -0.1) is 0 Å². The number of amides is 1. The normalized spacial score (nSPS) is 16.7. The van der Waals surface area contributed by atoms with Gasteiger partial charge in [-0.25, -0.2) is 19.7 Å². The third kappa shape index (κ3) is 4.93. The zero-order valence-corrected chi connectivity index (χ0v) is 25.3. The van der Waals surface area contributed by atoms with E-state index in [0.29, 0.717) is 17.3 Å². The first-order chi connectivity index (χ1) is 20.8. The fourth-order valence-electron chi connectivity index (χ4n) is 6.71. The van der Waals surface area contributed by atoms with E-state index in [-0.39, 0.29) is 5.91 Å². The van der Waals surface area contributed by atoms with Gasteiger partial charge in [-0.2, -0.15) is 0 Å². The Morgan fingerprint density at radius 2 is 1.86 bits per heavy atom. The Kier molecular flexibility index (Phi) is 6.88. The summed E-state index contributed by atoms with van der Waals surface area (Å²) >= 11 is 3.45. The number of hydrogen-bond donors (Lipinski definition) is 3. The predicted molar refractivity (Wildman–Crippen MR) is 169 cm³/mol. The quantitative estimate of drug-likeness (QED) is 0.168. The fraction of sp³-hybridized carbons (Fsp3) is 0.303. The Hall–Kier alpha value is -4.31. The Morgan fingerprint density at radius 1 is 1.09 bits per heavy atom. The van der Waals surface area contributed by atoms with Crippen molar-refractivity contribution in [3.63, 3.8) is 0 Å². The lowest BCUT2D eigenvalue weighted by Crippen LogP contribution is -2.51. The van der Waals surface area contributed by atoms with Crippen LogP contribution in [-0.2, 0) is 17.4 Å². The number of carboxylic acids is 1. The highest BCUT2D eigenvalue weighted by Crippen LogP contribution is 2.44. The number of fused-ring (bicyclic) bond motifs is 2. The summed E-state index contributed by atoms with van der Waals surface area (Å²) in [4.78, 5) is 42.2. The maximum absolute atomic E-state index is 13.8. The molecule has 218 valence electrons. The molecule has 0 aliphatic heterocycles. The van der Waals surface area contributed by atoms with Crippen molar-refractivity contribution in [3.8, 4) is 11.5 Å². The summed E-state index contributed by atoms with van der Waals surface area (Å²) in [7, 11) is 2.03. The molecule has 0 atom stereocenters. The van der Waals surface area contributed by atoms with Gasteiger partial charge in [0.2, 0.25) is 0 Å². The molecule has 0 unspecified atom stereocenters. The number of carbonyl (C=O) groups is 2. The number of H-pyrrole nitrogens is 1. The van der Waals surface area contributed by atoms with E-state index in [1.807, 2.05) is 37.4 Å². The van der Waals surface area contributed by atoms with E-state index in [1.54, 1.807) is 18.5 Å². The van der Waals surface area contributed by atoms with Gasteiger partial charge in [-0.3, -0.25) is 4.79 Å². The van der Waals surface area contributed by atoms with Crippen LogP contribution in [0.5, 0.6) is 0 Å². The largest absolute Gasteiger partial charge is 0.478 e. The van der Waals surface area contributed by atoms with Crippen LogP contribution in [0.15, 0.2) is 59.3 Å². The van der Waals surface area contributed by atoms with Gasteiger partial charge < -0.3 is 20.0 Å². The zero-order chi connectivity index (χ0) is 29.7. The molecule has 2 fully saturated rings. The van der Waals surface area contributed by atoms with E-state index in [4.69, 9.17) is 10.1 Å². The highest BCUT2D eigenvalue weighted by atomic mass is 79.9. The third-order valence-corrected chi connectivity index (χ3v) is 9.44. The molecule has 5 aromatic rings. The van der Waals surface area contributed by atoms with Crippen LogP contribution >= 0.6 is 15.9 Å². The molecule has 3 heterocycles. The van der Waals surface area contributed by atoms with E-state index < -0.39 is 11.5 Å². The second-order valence-electron chi connectivity index (χ2n) is 11.7. The van der Waals surface area contributed by atoms with Crippen molar-refractivity contribution in [1.29, 1.82) is 0 Å². The van der Waals surface area contributed by atoms with E-state index in [0.717, 1.165) is 81.7 Å². The monoisotopic (exact) mass is 638 g/mol. The van der Waals surface area contributed by atoms with Crippen LogP contribution in [0.25, 0.3) is 39.5 Å². The molecular weight excluding hydrogens is 608 g/mol. The van der Waals surface area contributed by atoms with Crippen LogP contribution in [0.1, 0.15) is 78.2 Å². The second-order valence-corrected chi connectivity index (χ2v) is 12.6. The smallest absolute Gasteiger partial charge is 0.328 e. The van der Waals surface area contributed by atoms with Crippen molar-refractivity contribution in [2.24, 2.45) is 7.05 Å². The Labute approximate surface area is 256 Å². The number of aliphatic carboxylic acids is 1. The first kappa shape index (κ1) is 27.5. The van der Waals surface area contributed by atoms with Gasteiger partial charge in [0, 0.05) is 42.0 Å². The average molecular weight is 640 g/mol. The molecule has 0 radical (unpaired) electrons. The number of nitrogens with zero attached hydrogens (tertiary/aromatic N) is 4. The van der Waals surface area contributed by atoms with E-state index >= 15 is 0 Å². The average Bonchev–Trinajstić information content (AvgIpc) is 3.72. The topological polar surface area (TPSA) is 126 Å². The molecule has 3 N–H and O–H groups in total. The van der Waals surface area contributed by atoms with Gasteiger partial charge in [0.1, 0.15) is 5.82 Å². The minimum atomic E-state index is -0.998. The molecule has 1 amide bonds. The molecule has 2 aliphatic rings. The fourth-order valence-corrected chi connectivity index (χ4v) is 6.91. The number of carbonyl (C=O) groups excluding carboxylic acids is 1. The molecule has 9 nitrogen and oxygen atoms in total. The molecular formula is C33H31BrN6O3. The van der Waals surface area contributed by atoms with Gasteiger partial charge in [0.15, 0.2) is 5.82 Å². The van der Waals surface area contributed by atoms with E-state index in [2.05, 4.69) is 46.8 Å². The molecule has 0 bridgehead atoms. The number of benzene rings is 2. The molecule has 7 rings (SSSR count). The van der Waals surface area contributed by atoms with E-state index in [1.165, 1.54) is 18.4 Å². The standard InChI is InChI=1S/C33H31BrN6O3/c1-40-26-16-21(9-10-23(26)28(20-5-2-3-6-20)29(40)30-35-17-22(34)18-36-30)31(43)39-33(13-4-14-33)32-37-24-11-7-19(8-12-27(41)42)15-25(24)38-32/h7-12,15-18,20H,2-6,13-14H2,1H3,(H,37,38)(H,39,43)(H,41,42)/b12-8+. The summed E-state index contributed by atoms with van der Waals surface area (Å²) in [5, 5.41) is 13.4. The molecule has 10 heteroatoms. The Morgan fingerprint density at radius 3 is 2.56 bits per heavy atom. The Balaban J connectivity index is 1.22. The third-order valence-electron chi connectivity index (χ3n) is 9.04. The summed E-state index contributed by atoms with van der Waals surface area (Å²) in [5.41, 5.74) is 5.63. The van der Waals surface area contributed by atoms with Gasteiger partial charge in [-0.05, 0) is 95.4 Å². The number of carboxylic acid groups (broad SMARTS) is 1. The zero-order valence-electron chi connectivity index (χ0n) is 23.7. The number of aryl methyl sites for hydroxylation is 1. The first-order valence-electron chi connectivity index (χ1n) is 14.7. The van der Waals surface area contributed by atoms with Crippen LogP contribution in [-0.4, -0.2) is 41.5 Å². The SMILES string of the molecule is Cn1c(-c2ncc(Br)cn2)c(C2CCCC2)c2ccc(C(=O)NC3(c4nc5ccc(/C=C/C(=O)O)cc5[nH]4)CCC3)cc21. The van der Waals surface area contributed by atoms with Gasteiger partial charge in [-0.1, -0.05) is 25.0 Å². The number of aromatic nitrogens is 5. The lowest BCUT2D eigenvalue weighted by Gasteiger charge is -2.40. The van der Waals surface area contributed by atoms with Crippen LogP contribution < -0.4 is 5.32 Å². The summed E-state index contributed by atoms with van der Waals surface area (Å²) in [5.74, 6) is 0.714. The van der Waals surface area contributed by atoms with Gasteiger partial charge in [0.25, 0.3) is 5.91 Å². The lowest BCUT2D eigenvalue weighted by molar-refractivity contribution is -0.131. The number of imidazole rings is 1. The minimum Gasteiger partial charge on any atom is -0.478 e. The van der Waals surface area contributed by atoms with Crippen LogP contribution in [0, 0.1) is 0 Å². The van der Waals surface area contributed by atoms with Crippen molar-refractivity contribution in [3.05, 3.63) is 81.9 Å². The number of rotatable bonds is 7. The predicted octanol–water partition coefficient (Wildman–Crippen LogP) is 6.84. The van der Waals surface area contributed by atoms with Gasteiger partial charge in [0.05, 0.1) is 26.7 Å². The lowest BCUT2D eigenvalue weighted by atomic mass is 9.76. The number of halogens is 1. The highest BCUT2D eigenvalue weighted by Gasteiger charge is 2.43. The first-order valence-corrected chi connectivity index (χ1v) is 15.4. The minimum absolute atomic E-state index is 0.141. The van der Waals surface area contributed by atoms with Crippen LogP contribution in [0.3, 0.4) is 0 Å². The molecule has 3 aromatic heterocycles. The molecule has 0 spiro atoms. The maximum atomic E-state index is 13.8. The molecule has 43 heavy (non-hydrogen) atoms. The van der Waals surface area contributed by atoms with Gasteiger partial charge >= 0.3 is 5.97 Å². The molecule has 2 aliphatic carbocycles. The summed E-state index contributed by atoms with van der Waals surface area (Å²) in [6, 6.07) is 11.6. The van der Waals surface area contributed by atoms with Crippen molar-refractivity contribution in [2.75, 3.05) is 0 Å². The Bertz CT molecular complexity index is 1910.